The molecule has 0 saturated heterocycles. The Kier molecular flexibility index (Phi) is 7.42. The summed E-state index contributed by atoms with van der Waals surface area (Å²) in [6, 6.07) is 17.2. The summed E-state index contributed by atoms with van der Waals surface area (Å²) in [6.07, 6.45) is 1.08. The van der Waals surface area contributed by atoms with Crippen molar-refractivity contribution >= 4 is 56.1 Å². The normalized spacial score (nSPS) is 12.1. The van der Waals surface area contributed by atoms with Crippen LogP contribution >= 0.6 is 23.8 Å². The van der Waals surface area contributed by atoms with E-state index in [0.29, 0.717) is 16.7 Å². The van der Waals surface area contributed by atoms with Crippen molar-refractivity contribution in [2.24, 2.45) is 0 Å². The average molecular weight is 476 g/mol. The fourth-order valence-corrected chi connectivity index (χ4v) is 4.04. The zero-order valence-corrected chi connectivity index (χ0v) is 19.4. The van der Waals surface area contributed by atoms with Gasteiger partial charge in [-0.25, -0.2) is 8.42 Å². The molecule has 0 radical (unpaired) electrons. The monoisotopic (exact) mass is 475 g/mol. The largest absolute Gasteiger partial charge is 0.332 e. The molecule has 2 aromatic carbocycles. The van der Waals surface area contributed by atoms with E-state index in [4.69, 9.17) is 23.8 Å². The van der Waals surface area contributed by atoms with E-state index in [9.17, 15) is 8.42 Å². The summed E-state index contributed by atoms with van der Waals surface area (Å²) in [5.74, 6) is 0.589. The molecule has 31 heavy (non-hydrogen) atoms. The zero-order chi connectivity index (χ0) is 22.4. The molecule has 1 heterocycles. The van der Waals surface area contributed by atoms with Crippen LogP contribution in [0, 0.1) is 0 Å². The second-order valence-electron chi connectivity index (χ2n) is 6.88. The van der Waals surface area contributed by atoms with E-state index in [0.717, 1.165) is 12.1 Å². The first kappa shape index (κ1) is 22.9. The molecule has 0 bridgehead atoms. The van der Waals surface area contributed by atoms with Crippen molar-refractivity contribution in [3.05, 3.63) is 71.4 Å². The van der Waals surface area contributed by atoms with Gasteiger partial charge in [-0.15, -0.1) is 10.2 Å². The lowest BCUT2D eigenvalue weighted by atomic mass is 9.99. The predicted octanol–water partition coefficient (Wildman–Crippen LogP) is 5.25. The number of rotatable bonds is 7. The molecule has 0 amide bonds. The molecule has 1 aromatic heterocycles. The number of aromatic nitrogens is 2. The molecule has 0 spiro atoms. The third-order valence-electron chi connectivity index (χ3n) is 4.64. The van der Waals surface area contributed by atoms with Crippen LogP contribution in [0.25, 0.3) is 0 Å². The fourth-order valence-electron chi connectivity index (χ4n) is 2.71. The highest BCUT2D eigenvalue weighted by Crippen LogP contribution is 2.21. The van der Waals surface area contributed by atoms with Crippen LogP contribution < -0.4 is 15.4 Å². The number of thiocarbonyl (C=S) groups is 1. The first-order valence-electron chi connectivity index (χ1n) is 9.57. The Morgan fingerprint density at radius 2 is 1.55 bits per heavy atom. The van der Waals surface area contributed by atoms with Gasteiger partial charge in [0, 0.05) is 11.4 Å². The van der Waals surface area contributed by atoms with Gasteiger partial charge in [-0.05, 0) is 78.7 Å². The molecular weight excluding hydrogens is 454 g/mol. The number of hydrogen-bond acceptors (Lipinski definition) is 5. The Bertz CT molecular complexity index is 1140. The van der Waals surface area contributed by atoms with E-state index in [1.54, 1.807) is 12.1 Å². The number of benzene rings is 2. The summed E-state index contributed by atoms with van der Waals surface area (Å²) in [5, 5.41) is 14.0. The second-order valence-corrected chi connectivity index (χ2v) is 9.36. The lowest BCUT2D eigenvalue weighted by molar-refractivity contribution is 0.601. The Balaban J connectivity index is 1.60. The molecule has 7 nitrogen and oxygen atoms in total. The van der Waals surface area contributed by atoms with E-state index in [-0.39, 0.29) is 15.9 Å². The van der Waals surface area contributed by atoms with E-state index >= 15 is 0 Å². The second kappa shape index (κ2) is 10.0. The zero-order valence-electron chi connectivity index (χ0n) is 17.0. The molecule has 1 unspecified atom stereocenters. The van der Waals surface area contributed by atoms with Gasteiger partial charge in [0.15, 0.2) is 16.1 Å². The molecule has 0 aliphatic heterocycles. The Labute approximate surface area is 192 Å². The smallest absolute Gasteiger partial charge is 0.263 e. The molecule has 0 aliphatic carbocycles. The number of hydrogen-bond donors (Lipinski definition) is 3. The lowest BCUT2D eigenvalue weighted by Crippen LogP contribution is -2.19. The minimum Gasteiger partial charge on any atom is -0.332 e. The van der Waals surface area contributed by atoms with Gasteiger partial charge in [-0.1, -0.05) is 37.6 Å². The standard InChI is InChI=1S/C21H22ClN5O2S2/c1-3-14(2)15-4-6-16(7-5-15)23-21(30)24-17-8-10-18(11-9-17)31(28,29)27-20-13-12-19(22)25-26-20/h4-14H,3H2,1-2H3,(H,26,27)(H2,23,24,30). The average Bonchev–Trinajstić information content (AvgIpc) is 2.75. The van der Waals surface area contributed by atoms with Crippen LogP contribution in [0.1, 0.15) is 31.7 Å². The quantitative estimate of drug-likeness (QED) is 0.401. The highest BCUT2D eigenvalue weighted by molar-refractivity contribution is 7.92. The minimum atomic E-state index is -3.81. The van der Waals surface area contributed by atoms with Crippen molar-refractivity contribution in [1.82, 2.24) is 10.2 Å². The highest BCUT2D eigenvalue weighted by atomic mass is 35.5. The molecule has 10 heteroatoms. The van der Waals surface area contributed by atoms with Crippen molar-refractivity contribution in [3.63, 3.8) is 0 Å². The number of anilines is 3. The van der Waals surface area contributed by atoms with E-state index in [2.05, 4.69) is 51.5 Å². The maximum absolute atomic E-state index is 12.5. The van der Waals surface area contributed by atoms with Gasteiger partial charge >= 0.3 is 0 Å². The number of halogens is 1. The van der Waals surface area contributed by atoms with Gasteiger partial charge in [0.25, 0.3) is 10.0 Å². The maximum atomic E-state index is 12.5. The van der Waals surface area contributed by atoms with E-state index < -0.39 is 10.0 Å². The first-order valence-corrected chi connectivity index (χ1v) is 11.8. The molecule has 0 aliphatic rings. The van der Waals surface area contributed by atoms with Gasteiger partial charge in [-0.3, -0.25) is 4.72 Å². The molecular formula is C21H22ClN5O2S2. The molecule has 1 atom stereocenters. The predicted molar refractivity (Wildman–Crippen MR) is 129 cm³/mol. The number of sulfonamides is 1. The van der Waals surface area contributed by atoms with Crippen molar-refractivity contribution in [2.45, 2.75) is 31.1 Å². The highest BCUT2D eigenvalue weighted by Gasteiger charge is 2.15. The maximum Gasteiger partial charge on any atom is 0.263 e. The summed E-state index contributed by atoms with van der Waals surface area (Å²) in [6.45, 7) is 4.35. The van der Waals surface area contributed by atoms with Gasteiger partial charge < -0.3 is 10.6 Å². The van der Waals surface area contributed by atoms with Crippen molar-refractivity contribution in [3.8, 4) is 0 Å². The summed E-state index contributed by atoms with van der Waals surface area (Å²) >= 11 is 11.0. The Hall–Kier alpha value is -2.75. The summed E-state index contributed by atoms with van der Waals surface area (Å²) in [7, 11) is -3.81. The van der Waals surface area contributed by atoms with Crippen molar-refractivity contribution in [2.75, 3.05) is 15.4 Å². The van der Waals surface area contributed by atoms with Crippen LogP contribution in [-0.2, 0) is 10.0 Å². The van der Waals surface area contributed by atoms with Crippen LogP contribution in [0.15, 0.2) is 65.6 Å². The number of nitrogens with one attached hydrogen (secondary N) is 3. The third kappa shape index (κ3) is 6.36. The van der Waals surface area contributed by atoms with Crippen LogP contribution in [0.5, 0.6) is 0 Å². The van der Waals surface area contributed by atoms with Gasteiger partial charge in [0.1, 0.15) is 0 Å². The van der Waals surface area contributed by atoms with Crippen molar-refractivity contribution < 1.29 is 8.42 Å². The van der Waals surface area contributed by atoms with Gasteiger partial charge in [-0.2, -0.15) is 0 Å². The van der Waals surface area contributed by atoms with Crippen LogP contribution in [0.4, 0.5) is 17.2 Å². The molecule has 162 valence electrons. The van der Waals surface area contributed by atoms with Crippen LogP contribution in [0.3, 0.4) is 0 Å². The molecule has 3 N–H and O–H groups in total. The Morgan fingerprint density at radius 1 is 0.968 bits per heavy atom. The molecule has 0 fully saturated rings. The lowest BCUT2D eigenvalue weighted by Gasteiger charge is -2.13. The topological polar surface area (TPSA) is 96.0 Å². The Morgan fingerprint density at radius 3 is 2.06 bits per heavy atom. The summed E-state index contributed by atoms with van der Waals surface area (Å²) in [4.78, 5) is 0.0781. The van der Waals surface area contributed by atoms with E-state index in [1.165, 1.54) is 29.8 Å². The van der Waals surface area contributed by atoms with Crippen molar-refractivity contribution in [1.29, 1.82) is 0 Å². The first-order chi connectivity index (χ1) is 14.8. The summed E-state index contributed by atoms with van der Waals surface area (Å²) < 4.78 is 27.3. The molecule has 3 rings (SSSR count). The van der Waals surface area contributed by atoms with E-state index in [1.807, 2.05) is 12.1 Å². The summed E-state index contributed by atoms with van der Waals surface area (Å²) in [5.41, 5.74) is 2.80. The number of nitrogens with zero attached hydrogens (tertiary/aromatic N) is 2. The van der Waals surface area contributed by atoms with Crippen LogP contribution in [-0.4, -0.2) is 23.7 Å². The SMILES string of the molecule is CCC(C)c1ccc(NC(=S)Nc2ccc(S(=O)(=O)Nc3ccc(Cl)nn3)cc2)cc1. The molecule has 0 saturated carbocycles. The molecule has 3 aromatic rings. The third-order valence-corrected chi connectivity index (χ3v) is 6.42. The minimum absolute atomic E-state index is 0.0781. The van der Waals surface area contributed by atoms with Gasteiger partial charge in [0.05, 0.1) is 4.90 Å². The van der Waals surface area contributed by atoms with Crippen LogP contribution in [0.2, 0.25) is 5.15 Å². The van der Waals surface area contributed by atoms with Gasteiger partial charge in [0.2, 0.25) is 0 Å². The fraction of sp³-hybridized carbons (Fsp3) is 0.190.